The quantitative estimate of drug-likeness (QED) is 0.869. The first-order valence-electron chi connectivity index (χ1n) is 8.98. The summed E-state index contributed by atoms with van der Waals surface area (Å²) in [7, 11) is 0. The van der Waals surface area contributed by atoms with Crippen molar-refractivity contribution in [2.24, 2.45) is 4.99 Å². The van der Waals surface area contributed by atoms with E-state index in [0.29, 0.717) is 5.92 Å². The summed E-state index contributed by atoms with van der Waals surface area (Å²) in [5, 5.41) is 7.12. The number of benzene rings is 1. The average Bonchev–Trinajstić information content (AvgIpc) is 3.40. The lowest BCUT2D eigenvalue weighted by Gasteiger charge is -2.32. The molecule has 4 rings (SSSR count). The number of piperidine rings is 1. The summed E-state index contributed by atoms with van der Waals surface area (Å²) in [6.45, 7) is 2.49. The molecular weight excluding hydrogens is 364 g/mol. The molecule has 1 fully saturated rings. The van der Waals surface area contributed by atoms with Gasteiger partial charge in [0.25, 0.3) is 5.91 Å². The molecule has 1 atom stereocenters. The molecule has 0 aliphatic carbocycles. The van der Waals surface area contributed by atoms with Crippen LogP contribution in [0.4, 0.5) is 0 Å². The van der Waals surface area contributed by atoms with Crippen LogP contribution in [0.2, 0.25) is 0 Å². The van der Waals surface area contributed by atoms with Gasteiger partial charge in [-0.2, -0.15) is 5.10 Å². The number of H-pyrrole nitrogens is 1. The second kappa shape index (κ2) is 8.31. The molecule has 0 unspecified atom stereocenters. The Balaban J connectivity index is 1.47. The first-order valence-corrected chi connectivity index (χ1v) is 10.9. The zero-order valence-electron chi connectivity index (χ0n) is 14.6. The van der Waals surface area contributed by atoms with Crippen LogP contribution in [0, 0.1) is 0 Å². The maximum atomic E-state index is 13.2. The third-order valence-electron chi connectivity index (χ3n) is 4.83. The lowest BCUT2D eigenvalue weighted by atomic mass is 9.94. The first kappa shape index (κ1) is 17.7. The third-order valence-corrected chi connectivity index (χ3v) is 7.13. The number of amides is 1. The molecule has 0 bridgehead atoms. The number of nitrogens with zero attached hydrogens (tertiary/aromatic N) is 3. The van der Waals surface area contributed by atoms with Gasteiger partial charge >= 0.3 is 0 Å². The molecule has 2 aromatic rings. The number of hydrogen-bond donors (Lipinski definition) is 1. The summed E-state index contributed by atoms with van der Waals surface area (Å²) < 4.78 is 1.14. The summed E-state index contributed by atoms with van der Waals surface area (Å²) in [5.74, 6) is 2.37. The highest BCUT2D eigenvalue weighted by Gasteiger charge is 2.27. The van der Waals surface area contributed by atoms with E-state index in [9.17, 15) is 4.79 Å². The van der Waals surface area contributed by atoms with Gasteiger partial charge in [0.15, 0.2) is 0 Å². The van der Waals surface area contributed by atoms with Crippen LogP contribution in [0.1, 0.15) is 40.4 Å². The first-order chi connectivity index (χ1) is 12.8. The molecule has 0 radical (unpaired) electrons. The van der Waals surface area contributed by atoms with Crippen molar-refractivity contribution in [3.05, 3.63) is 53.3 Å². The number of rotatable bonds is 4. The molecule has 2 aliphatic heterocycles. The fraction of sp³-hybridized carbons (Fsp3) is 0.421. The Hall–Kier alpha value is -1.73. The lowest BCUT2D eigenvalue weighted by Crippen LogP contribution is -2.39. The molecule has 2 aliphatic rings. The highest BCUT2D eigenvalue weighted by Crippen LogP contribution is 2.29. The topological polar surface area (TPSA) is 61.4 Å². The van der Waals surface area contributed by atoms with Crippen molar-refractivity contribution in [3.63, 3.8) is 0 Å². The minimum Gasteiger partial charge on any atom is -0.338 e. The Morgan fingerprint density at radius 3 is 3.08 bits per heavy atom. The Kier molecular flexibility index (Phi) is 5.65. The van der Waals surface area contributed by atoms with Crippen LogP contribution in [0.5, 0.6) is 0 Å². The van der Waals surface area contributed by atoms with Crippen molar-refractivity contribution in [3.8, 4) is 0 Å². The number of aromatic amines is 1. The van der Waals surface area contributed by atoms with Gasteiger partial charge in [0.2, 0.25) is 0 Å². The molecule has 0 spiro atoms. The number of hydrogen-bond acceptors (Lipinski definition) is 5. The molecule has 1 aromatic heterocycles. The SMILES string of the molecule is O=C(c1ccccc1CSC1=NCCS1)N1CCC[C@H](c2ccn[nH]2)C1. The van der Waals surface area contributed by atoms with E-state index in [0.717, 1.165) is 65.2 Å². The van der Waals surface area contributed by atoms with E-state index in [1.165, 1.54) is 0 Å². The molecule has 1 saturated heterocycles. The summed E-state index contributed by atoms with van der Waals surface area (Å²) in [4.78, 5) is 19.7. The van der Waals surface area contributed by atoms with E-state index in [2.05, 4.69) is 21.3 Å². The summed E-state index contributed by atoms with van der Waals surface area (Å²) in [6, 6.07) is 10.0. The Morgan fingerprint density at radius 2 is 2.27 bits per heavy atom. The van der Waals surface area contributed by atoms with E-state index < -0.39 is 0 Å². The average molecular weight is 387 g/mol. The minimum atomic E-state index is 0.145. The number of thioether (sulfide) groups is 2. The molecule has 136 valence electrons. The van der Waals surface area contributed by atoms with Gasteiger partial charge in [-0.05, 0) is 30.5 Å². The molecule has 1 aromatic carbocycles. The molecule has 0 saturated carbocycles. The second-order valence-electron chi connectivity index (χ2n) is 6.54. The van der Waals surface area contributed by atoms with Gasteiger partial charge in [-0.1, -0.05) is 41.7 Å². The number of aliphatic imine (C=N–C) groups is 1. The van der Waals surface area contributed by atoms with Crippen molar-refractivity contribution in [2.75, 3.05) is 25.4 Å². The predicted molar refractivity (Wildman–Crippen MR) is 109 cm³/mol. The summed E-state index contributed by atoms with van der Waals surface area (Å²) >= 11 is 3.55. The zero-order valence-corrected chi connectivity index (χ0v) is 16.2. The number of aromatic nitrogens is 2. The summed E-state index contributed by atoms with van der Waals surface area (Å²) in [6.07, 6.45) is 3.91. The van der Waals surface area contributed by atoms with Crippen LogP contribution >= 0.6 is 23.5 Å². The van der Waals surface area contributed by atoms with E-state index in [1.807, 2.05) is 40.9 Å². The van der Waals surface area contributed by atoms with E-state index in [4.69, 9.17) is 0 Å². The fourth-order valence-corrected chi connectivity index (χ4v) is 5.49. The van der Waals surface area contributed by atoms with Crippen LogP contribution in [0.15, 0.2) is 41.5 Å². The molecule has 7 heteroatoms. The molecule has 5 nitrogen and oxygen atoms in total. The van der Waals surface area contributed by atoms with E-state index in [1.54, 1.807) is 18.0 Å². The van der Waals surface area contributed by atoms with Crippen LogP contribution in [-0.2, 0) is 5.75 Å². The second-order valence-corrected chi connectivity index (χ2v) is 8.85. The monoisotopic (exact) mass is 386 g/mol. The van der Waals surface area contributed by atoms with Crippen molar-refractivity contribution in [1.82, 2.24) is 15.1 Å². The van der Waals surface area contributed by atoms with Gasteiger partial charge in [0.1, 0.15) is 4.38 Å². The lowest BCUT2D eigenvalue weighted by molar-refractivity contribution is 0.0705. The van der Waals surface area contributed by atoms with Gasteiger partial charge in [-0.15, -0.1) is 0 Å². The number of likely N-dealkylation sites (tertiary alicyclic amines) is 1. The normalized spacial score (nSPS) is 20.2. The van der Waals surface area contributed by atoms with Crippen molar-refractivity contribution >= 4 is 33.8 Å². The van der Waals surface area contributed by atoms with Crippen molar-refractivity contribution < 1.29 is 4.79 Å². The van der Waals surface area contributed by atoms with E-state index >= 15 is 0 Å². The van der Waals surface area contributed by atoms with E-state index in [-0.39, 0.29) is 5.91 Å². The maximum absolute atomic E-state index is 13.2. The van der Waals surface area contributed by atoms with Gasteiger partial charge in [-0.3, -0.25) is 14.9 Å². The number of carbonyl (C=O) groups excluding carboxylic acids is 1. The van der Waals surface area contributed by atoms with Crippen LogP contribution in [-0.4, -0.2) is 50.8 Å². The predicted octanol–water partition coefficient (Wildman–Crippen LogP) is 3.77. The van der Waals surface area contributed by atoms with Gasteiger partial charge in [0.05, 0.1) is 6.54 Å². The smallest absolute Gasteiger partial charge is 0.254 e. The van der Waals surface area contributed by atoms with Gasteiger partial charge in [0, 0.05) is 48.0 Å². The largest absolute Gasteiger partial charge is 0.338 e. The van der Waals surface area contributed by atoms with Gasteiger partial charge in [-0.25, -0.2) is 0 Å². The Morgan fingerprint density at radius 1 is 1.35 bits per heavy atom. The number of nitrogens with one attached hydrogen (secondary N) is 1. The molecule has 26 heavy (non-hydrogen) atoms. The molecule has 1 amide bonds. The minimum absolute atomic E-state index is 0.145. The highest BCUT2D eigenvalue weighted by atomic mass is 32.2. The Bertz CT molecular complexity index is 791. The standard InChI is InChI=1S/C19H22N4OS2/c24-18(23-10-3-5-14(12-23)17-7-8-21-22-17)16-6-2-1-4-15(16)13-26-19-20-9-11-25-19/h1-2,4,6-8,14H,3,5,9-13H2,(H,21,22)/t14-/m0/s1. The maximum Gasteiger partial charge on any atom is 0.254 e. The van der Waals surface area contributed by atoms with Crippen molar-refractivity contribution in [1.29, 1.82) is 0 Å². The fourth-order valence-electron chi connectivity index (χ4n) is 3.48. The molecule has 3 heterocycles. The Labute approximate surface area is 162 Å². The zero-order chi connectivity index (χ0) is 17.8. The van der Waals surface area contributed by atoms with Crippen LogP contribution in [0.3, 0.4) is 0 Å². The molecule has 1 N–H and O–H groups in total. The third kappa shape index (κ3) is 3.99. The van der Waals surface area contributed by atoms with Gasteiger partial charge < -0.3 is 4.90 Å². The van der Waals surface area contributed by atoms with Crippen LogP contribution < -0.4 is 0 Å². The summed E-state index contributed by atoms with van der Waals surface area (Å²) in [5.41, 5.74) is 3.05. The number of carbonyl (C=O) groups is 1. The molecular formula is C19H22N4OS2. The highest BCUT2D eigenvalue weighted by molar-refractivity contribution is 8.38. The van der Waals surface area contributed by atoms with Crippen molar-refractivity contribution in [2.45, 2.75) is 24.5 Å². The van der Waals surface area contributed by atoms with Crippen LogP contribution in [0.25, 0.3) is 0 Å².